The molecule has 0 saturated heterocycles. The topological polar surface area (TPSA) is 38.0 Å². The molecule has 2 nitrogen and oxygen atoms in total. The van der Waals surface area contributed by atoms with Crippen LogP contribution in [0.15, 0.2) is 24.3 Å². The van der Waals surface area contributed by atoms with Gasteiger partial charge >= 0.3 is 0 Å². The fourth-order valence-electron chi connectivity index (χ4n) is 1.87. The molecule has 1 fully saturated rings. The van der Waals surface area contributed by atoms with Crippen LogP contribution in [0.5, 0.6) is 0 Å². The first-order chi connectivity index (χ1) is 7.18. The van der Waals surface area contributed by atoms with E-state index in [0.29, 0.717) is 0 Å². The van der Waals surface area contributed by atoms with Crippen LogP contribution < -0.4 is 11.1 Å². The lowest BCUT2D eigenvalue weighted by Gasteiger charge is -2.38. The van der Waals surface area contributed by atoms with Crippen molar-refractivity contribution in [3.63, 3.8) is 0 Å². The van der Waals surface area contributed by atoms with Crippen molar-refractivity contribution in [3.05, 3.63) is 35.6 Å². The predicted molar refractivity (Wildman–Crippen MR) is 58.9 cm³/mol. The highest BCUT2D eigenvalue weighted by Crippen LogP contribution is 2.28. The first-order valence-corrected chi connectivity index (χ1v) is 5.42. The van der Waals surface area contributed by atoms with Gasteiger partial charge in [-0.1, -0.05) is 12.1 Å². The Kier molecular flexibility index (Phi) is 3.03. The van der Waals surface area contributed by atoms with Crippen molar-refractivity contribution in [2.24, 2.45) is 5.73 Å². The van der Waals surface area contributed by atoms with Crippen LogP contribution in [-0.4, -0.2) is 12.1 Å². The minimum atomic E-state index is -0.187. The number of benzene rings is 1. The van der Waals surface area contributed by atoms with Gasteiger partial charge in [-0.05, 0) is 37.0 Å². The molecular weight excluding hydrogens is 191 g/mol. The number of rotatable bonds is 4. The average Bonchev–Trinajstić information content (AvgIpc) is 2.19. The van der Waals surface area contributed by atoms with Crippen molar-refractivity contribution >= 4 is 0 Å². The fourth-order valence-corrected chi connectivity index (χ4v) is 1.87. The molecule has 3 N–H and O–H groups in total. The first-order valence-electron chi connectivity index (χ1n) is 5.42. The van der Waals surface area contributed by atoms with Crippen LogP contribution in [0.1, 0.15) is 24.8 Å². The SMILES string of the molecule is NC1(CNCc2ccc(F)cc2)CCC1. The molecule has 0 bridgehead atoms. The van der Waals surface area contributed by atoms with Crippen LogP contribution >= 0.6 is 0 Å². The molecule has 82 valence electrons. The largest absolute Gasteiger partial charge is 0.324 e. The third kappa shape index (κ3) is 2.76. The van der Waals surface area contributed by atoms with Crippen molar-refractivity contribution in [2.75, 3.05) is 6.54 Å². The minimum absolute atomic E-state index is 0.0139. The van der Waals surface area contributed by atoms with Gasteiger partial charge in [0.25, 0.3) is 0 Å². The maximum Gasteiger partial charge on any atom is 0.123 e. The summed E-state index contributed by atoms with van der Waals surface area (Å²) in [6, 6.07) is 6.57. The molecule has 0 atom stereocenters. The van der Waals surface area contributed by atoms with Gasteiger partial charge in [-0.2, -0.15) is 0 Å². The Morgan fingerprint density at radius 3 is 2.47 bits per heavy atom. The lowest BCUT2D eigenvalue weighted by Crippen LogP contribution is -2.53. The lowest BCUT2D eigenvalue weighted by molar-refractivity contribution is 0.239. The molecule has 15 heavy (non-hydrogen) atoms. The zero-order chi connectivity index (χ0) is 10.7. The third-order valence-electron chi connectivity index (χ3n) is 3.07. The monoisotopic (exact) mass is 208 g/mol. The highest BCUT2D eigenvalue weighted by molar-refractivity contribution is 5.15. The summed E-state index contributed by atoms with van der Waals surface area (Å²) in [4.78, 5) is 0. The molecule has 2 rings (SSSR count). The summed E-state index contributed by atoms with van der Waals surface area (Å²) in [5, 5.41) is 3.32. The smallest absolute Gasteiger partial charge is 0.123 e. The summed E-state index contributed by atoms with van der Waals surface area (Å²) in [5.41, 5.74) is 7.18. The second-order valence-electron chi connectivity index (χ2n) is 4.45. The molecule has 1 aliphatic carbocycles. The number of hydrogen-bond donors (Lipinski definition) is 2. The molecule has 0 amide bonds. The minimum Gasteiger partial charge on any atom is -0.324 e. The van der Waals surface area contributed by atoms with Crippen molar-refractivity contribution in [1.29, 1.82) is 0 Å². The van der Waals surface area contributed by atoms with Gasteiger partial charge in [-0.15, -0.1) is 0 Å². The van der Waals surface area contributed by atoms with Crippen molar-refractivity contribution in [3.8, 4) is 0 Å². The van der Waals surface area contributed by atoms with Gasteiger partial charge in [0.2, 0.25) is 0 Å². The van der Waals surface area contributed by atoms with Crippen LogP contribution in [0.25, 0.3) is 0 Å². The second kappa shape index (κ2) is 4.29. The van der Waals surface area contributed by atoms with Crippen LogP contribution in [0.2, 0.25) is 0 Å². The number of hydrogen-bond acceptors (Lipinski definition) is 2. The zero-order valence-corrected chi connectivity index (χ0v) is 8.80. The Morgan fingerprint density at radius 2 is 1.93 bits per heavy atom. The Labute approximate surface area is 89.7 Å². The van der Waals surface area contributed by atoms with E-state index in [9.17, 15) is 4.39 Å². The van der Waals surface area contributed by atoms with Gasteiger partial charge in [-0.25, -0.2) is 4.39 Å². The van der Waals surface area contributed by atoms with Gasteiger partial charge in [-0.3, -0.25) is 0 Å². The molecule has 0 aliphatic heterocycles. The first kappa shape index (κ1) is 10.6. The van der Waals surface area contributed by atoms with Crippen molar-refractivity contribution < 1.29 is 4.39 Å². The van der Waals surface area contributed by atoms with Crippen LogP contribution in [-0.2, 0) is 6.54 Å². The molecular formula is C12H17FN2. The number of nitrogens with one attached hydrogen (secondary N) is 1. The van der Waals surface area contributed by atoms with Gasteiger partial charge in [0.15, 0.2) is 0 Å². The van der Waals surface area contributed by atoms with E-state index in [1.807, 2.05) is 0 Å². The third-order valence-corrected chi connectivity index (χ3v) is 3.07. The van der Waals surface area contributed by atoms with Crippen LogP contribution in [0, 0.1) is 5.82 Å². The highest BCUT2D eigenvalue weighted by atomic mass is 19.1. The molecule has 0 heterocycles. The summed E-state index contributed by atoms with van der Waals surface area (Å²) < 4.78 is 12.6. The Morgan fingerprint density at radius 1 is 1.27 bits per heavy atom. The van der Waals surface area contributed by atoms with E-state index in [1.54, 1.807) is 12.1 Å². The number of halogens is 1. The standard InChI is InChI=1S/C12H17FN2/c13-11-4-2-10(3-5-11)8-15-9-12(14)6-1-7-12/h2-5,15H,1,6-9,14H2. The maximum atomic E-state index is 12.6. The zero-order valence-electron chi connectivity index (χ0n) is 8.80. The average molecular weight is 208 g/mol. The summed E-state index contributed by atoms with van der Waals surface area (Å²) >= 11 is 0. The van der Waals surface area contributed by atoms with E-state index in [4.69, 9.17) is 5.73 Å². The molecule has 0 aromatic heterocycles. The Balaban J connectivity index is 1.76. The van der Waals surface area contributed by atoms with Crippen LogP contribution in [0.3, 0.4) is 0 Å². The normalized spacial score (nSPS) is 18.5. The van der Waals surface area contributed by atoms with Gasteiger partial charge in [0, 0.05) is 18.6 Å². The molecule has 0 unspecified atom stereocenters. The van der Waals surface area contributed by atoms with E-state index < -0.39 is 0 Å². The van der Waals surface area contributed by atoms with Crippen LogP contribution in [0.4, 0.5) is 4.39 Å². The summed E-state index contributed by atoms with van der Waals surface area (Å²) in [5.74, 6) is -0.187. The van der Waals surface area contributed by atoms with E-state index >= 15 is 0 Å². The Hall–Kier alpha value is -0.930. The van der Waals surface area contributed by atoms with E-state index in [-0.39, 0.29) is 11.4 Å². The fraction of sp³-hybridized carbons (Fsp3) is 0.500. The summed E-state index contributed by atoms with van der Waals surface area (Å²) in [6.45, 7) is 1.61. The second-order valence-corrected chi connectivity index (χ2v) is 4.45. The molecule has 0 radical (unpaired) electrons. The molecule has 1 saturated carbocycles. The lowest BCUT2D eigenvalue weighted by atomic mass is 9.78. The van der Waals surface area contributed by atoms with Gasteiger partial charge in [0.05, 0.1) is 0 Å². The van der Waals surface area contributed by atoms with Crippen molar-refractivity contribution in [2.45, 2.75) is 31.3 Å². The molecule has 1 aliphatic rings. The number of nitrogens with two attached hydrogens (primary N) is 1. The summed E-state index contributed by atoms with van der Waals surface area (Å²) in [6.07, 6.45) is 3.47. The van der Waals surface area contributed by atoms with E-state index in [2.05, 4.69) is 5.32 Å². The maximum absolute atomic E-state index is 12.6. The van der Waals surface area contributed by atoms with Gasteiger partial charge < -0.3 is 11.1 Å². The molecule has 1 aromatic carbocycles. The Bertz CT molecular complexity index is 317. The molecule has 3 heteroatoms. The highest BCUT2D eigenvalue weighted by Gasteiger charge is 2.31. The molecule has 1 aromatic rings. The molecule has 0 spiro atoms. The predicted octanol–water partition coefficient (Wildman–Crippen LogP) is 1.80. The summed E-state index contributed by atoms with van der Waals surface area (Å²) in [7, 11) is 0. The van der Waals surface area contributed by atoms with Gasteiger partial charge in [0.1, 0.15) is 5.82 Å². The van der Waals surface area contributed by atoms with E-state index in [0.717, 1.165) is 31.5 Å². The van der Waals surface area contributed by atoms with Crippen molar-refractivity contribution in [1.82, 2.24) is 5.32 Å². The quantitative estimate of drug-likeness (QED) is 0.791. The van der Waals surface area contributed by atoms with E-state index in [1.165, 1.54) is 18.6 Å².